The van der Waals surface area contributed by atoms with Crippen molar-refractivity contribution in [3.8, 4) is 0 Å². The molecule has 0 saturated carbocycles. The fourth-order valence-electron chi connectivity index (χ4n) is 2.61. The van der Waals surface area contributed by atoms with Crippen LogP contribution in [0, 0.1) is 0 Å². The van der Waals surface area contributed by atoms with Gasteiger partial charge in [0.1, 0.15) is 17.8 Å². The molecule has 178 valence electrons. The van der Waals surface area contributed by atoms with Crippen LogP contribution in [0.4, 0.5) is 4.79 Å². The largest absolute Gasteiger partial charge is 0.490 e. The second-order valence-electron chi connectivity index (χ2n) is 6.75. The molecule has 0 bridgehead atoms. The summed E-state index contributed by atoms with van der Waals surface area (Å²) < 4.78 is 50.9. The van der Waals surface area contributed by atoms with Gasteiger partial charge in [-0.05, 0) is 19.4 Å². The predicted octanol–water partition coefficient (Wildman–Crippen LogP) is -0.391. The van der Waals surface area contributed by atoms with E-state index in [1.54, 1.807) is 6.92 Å². The minimum Gasteiger partial charge on any atom is -0.387 e. The molecule has 0 radical (unpaired) electrons. The standard InChI is InChI=1S/C12H21N2O14P3/c1-6-4-14(11(17)13-7(6)2)10-8(15)9(16)12(3,26-10)5-25-30(21,22)28-31(23,24)27-29(18,19)20/h4,8-10,15-16H,2,5H2,1,3H3,(H,13,17)(H,21,22)(H,23,24)(H2,18,19,20)/t8?,9-,10-,12-/m1/s1. The van der Waals surface area contributed by atoms with E-state index in [1.807, 2.05) is 0 Å². The molecule has 7 N–H and O–H groups in total. The van der Waals surface area contributed by atoms with Gasteiger partial charge in [0.05, 0.1) is 6.61 Å². The van der Waals surface area contributed by atoms with Crippen LogP contribution >= 0.6 is 23.5 Å². The van der Waals surface area contributed by atoms with Gasteiger partial charge in [0, 0.05) is 11.9 Å². The first kappa shape index (κ1) is 26.3. The molecular weight excluding hydrogens is 489 g/mol. The van der Waals surface area contributed by atoms with E-state index < -0.39 is 60.1 Å². The molecule has 0 spiro atoms. The smallest absolute Gasteiger partial charge is 0.387 e. The van der Waals surface area contributed by atoms with Gasteiger partial charge in [-0.2, -0.15) is 8.62 Å². The Morgan fingerprint density at radius 2 is 1.77 bits per heavy atom. The van der Waals surface area contributed by atoms with E-state index in [4.69, 9.17) is 19.4 Å². The first-order valence-electron chi connectivity index (χ1n) is 8.15. The summed E-state index contributed by atoms with van der Waals surface area (Å²) in [7, 11) is -16.8. The number of amides is 2. The number of phosphoric ester groups is 1. The lowest BCUT2D eigenvalue weighted by Gasteiger charge is -2.33. The highest BCUT2D eigenvalue weighted by Gasteiger charge is 2.55. The van der Waals surface area contributed by atoms with Gasteiger partial charge in [-0.1, -0.05) is 6.58 Å². The van der Waals surface area contributed by atoms with Crippen LogP contribution in [0.3, 0.4) is 0 Å². The lowest BCUT2D eigenvalue weighted by atomic mass is 9.98. The number of urea groups is 1. The summed E-state index contributed by atoms with van der Waals surface area (Å²) in [4.78, 5) is 48.8. The van der Waals surface area contributed by atoms with Crippen molar-refractivity contribution in [3.63, 3.8) is 0 Å². The van der Waals surface area contributed by atoms with Crippen LogP contribution in [0.2, 0.25) is 0 Å². The average molecular weight is 510 g/mol. The number of hydrogen-bond donors (Lipinski definition) is 7. The third-order valence-corrected chi connectivity index (χ3v) is 7.92. The van der Waals surface area contributed by atoms with E-state index in [9.17, 15) is 33.6 Å². The lowest BCUT2D eigenvalue weighted by molar-refractivity contribution is -0.119. The summed E-state index contributed by atoms with van der Waals surface area (Å²) >= 11 is 0. The third kappa shape index (κ3) is 6.53. The van der Waals surface area contributed by atoms with E-state index >= 15 is 0 Å². The fourth-order valence-corrected chi connectivity index (χ4v) is 5.73. The topological polar surface area (TPSA) is 242 Å². The molecule has 3 unspecified atom stereocenters. The number of nitrogens with one attached hydrogen (secondary N) is 1. The van der Waals surface area contributed by atoms with Crippen LogP contribution in [0.5, 0.6) is 0 Å². The Hall–Kier alpha value is -0.960. The number of allylic oxidation sites excluding steroid dienone is 1. The Bertz CT molecular complexity index is 932. The van der Waals surface area contributed by atoms with Gasteiger partial charge in [0.2, 0.25) is 0 Å². The number of rotatable bonds is 8. The third-order valence-electron chi connectivity index (χ3n) is 4.14. The van der Waals surface area contributed by atoms with Crippen LogP contribution in [0.15, 0.2) is 24.0 Å². The van der Waals surface area contributed by atoms with Gasteiger partial charge in [-0.15, -0.1) is 0 Å². The Labute approximate surface area is 175 Å². The summed E-state index contributed by atoms with van der Waals surface area (Å²) in [5.74, 6) is 0. The van der Waals surface area contributed by atoms with Crippen molar-refractivity contribution in [2.75, 3.05) is 6.61 Å². The van der Waals surface area contributed by atoms with E-state index in [2.05, 4.69) is 25.0 Å². The van der Waals surface area contributed by atoms with Crippen molar-refractivity contribution in [3.05, 3.63) is 24.0 Å². The van der Waals surface area contributed by atoms with Crippen LogP contribution in [0.1, 0.15) is 13.8 Å². The van der Waals surface area contributed by atoms with E-state index in [-0.39, 0.29) is 0 Å². The molecule has 31 heavy (non-hydrogen) atoms. The maximum absolute atomic E-state index is 12.2. The number of aliphatic hydroxyl groups is 2. The van der Waals surface area contributed by atoms with Crippen molar-refractivity contribution in [2.24, 2.45) is 0 Å². The highest BCUT2D eigenvalue weighted by atomic mass is 31.3. The molecule has 2 aliphatic heterocycles. The zero-order valence-electron chi connectivity index (χ0n) is 16.0. The summed E-state index contributed by atoms with van der Waals surface area (Å²) in [6.07, 6.45) is -3.67. The first-order chi connectivity index (χ1) is 13.9. The minimum absolute atomic E-state index is 0.296. The highest BCUT2D eigenvalue weighted by Crippen LogP contribution is 2.66. The molecule has 2 amide bonds. The molecule has 16 nitrogen and oxygen atoms in total. The number of hydrogen-bond acceptors (Lipinski definition) is 10. The molecule has 0 aromatic heterocycles. The van der Waals surface area contributed by atoms with E-state index in [0.29, 0.717) is 11.3 Å². The summed E-state index contributed by atoms with van der Waals surface area (Å²) in [5, 5.41) is 23.0. The number of aliphatic hydroxyl groups excluding tert-OH is 2. The molecule has 2 rings (SSSR count). The number of carbonyl (C=O) groups excluding carboxylic acids is 1. The summed E-state index contributed by atoms with van der Waals surface area (Å²) in [6.45, 7) is 5.30. The summed E-state index contributed by atoms with van der Waals surface area (Å²) in [5.41, 5.74) is -1.14. The number of ether oxygens (including phenoxy) is 1. The van der Waals surface area contributed by atoms with Crippen LogP contribution in [0.25, 0.3) is 0 Å². The zero-order chi connectivity index (χ0) is 24.0. The Kier molecular flexibility index (Phi) is 7.43. The molecular formula is C12H21N2O14P3. The maximum Gasteiger partial charge on any atom is 0.490 e. The molecule has 2 aliphatic rings. The Morgan fingerprint density at radius 3 is 2.32 bits per heavy atom. The Morgan fingerprint density at radius 1 is 1.19 bits per heavy atom. The van der Waals surface area contributed by atoms with Crippen LogP contribution < -0.4 is 5.32 Å². The molecule has 0 aromatic rings. The predicted molar refractivity (Wildman–Crippen MR) is 98.4 cm³/mol. The van der Waals surface area contributed by atoms with Crippen molar-refractivity contribution >= 4 is 29.5 Å². The van der Waals surface area contributed by atoms with Crippen molar-refractivity contribution in [1.29, 1.82) is 0 Å². The highest BCUT2D eigenvalue weighted by molar-refractivity contribution is 7.66. The van der Waals surface area contributed by atoms with Crippen molar-refractivity contribution in [1.82, 2.24) is 10.2 Å². The van der Waals surface area contributed by atoms with Gasteiger partial charge in [0.15, 0.2) is 6.23 Å². The normalized spacial score (nSPS) is 33.5. The molecule has 19 heteroatoms. The summed E-state index contributed by atoms with van der Waals surface area (Å²) in [6, 6.07) is -0.746. The van der Waals surface area contributed by atoms with Gasteiger partial charge < -0.3 is 39.8 Å². The lowest BCUT2D eigenvalue weighted by Crippen LogP contribution is -2.50. The first-order valence-corrected chi connectivity index (χ1v) is 12.7. The number of phosphoric acid groups is 3. The molecule has 0 aliphatic carbocycles. The van der Waals surface area contributed by atoms with Crippen molar-refractivity contribution < 1.29 is 66.2 Å². The number of carbonyl (C=O) groups is 1. The quantitative estimate of drug-likeness (QED) is 0.206. The average Bonchev–Trinajstić information content (AvgIpc) is 2.78. The SMILES string of the molecule is C=C1NC(=O)N([C@@H]2O[C@](C)(COP(=O)(O)OP(=O)(O)OP(=O)(O)O)[C@H](O)C2O)C=C1C. The second kappa shape index (κ2) is 8.76. The van der Waals surface area contributed by atoms with E-state index in [0.717, 1.165) is 11.8 Å². The minimum atomic E-state index is -5.73. The van der Waals surface area contributed by atoms with Crippen LogP contribution in [-0.4, -0.2) is 71.4 Å². The monoisotopic (exact) mass is 510 g/mol. The zero-order valence-corrected chi connectivity index (χ0v) is 18.6. The second-order valence-corrected chi connectivity index (χ2v) is 11.2. The molecule has 0 aromatic carbocycles. The fraction of sp³-hybridized carbons (Fsp3) is 0.583. The number of nitrogens with zero attached hydrogens (tertiary/aromatic N) is 1. The van der Waals surface area contributed by atoms with Crippen molar-refractivity contribution in [2.45, 2.75) is 37.9 Å². The maximum atomic E-state index is 12.2. The molecule has 1 fully saturated rings. The molecule has 2 heterocycles. The van der Waals surface area contributed by atoms with Gasteiger partial charge in [-0.3, -0.25) is 9.42 Å². The van der Waals surface area contributed by atoms with Gasteiger partial charge >= 0.3 is 29.5 Å². The molecule has 6 atom stereocenters. The molecule has 1 saturated heterocycles. The van der Waals surface area contributed by atoms with Crippen LogP contribution in [-0.2, 0) is 31.6 Å². The Balaban J connectivity index is 2.12. The van der Waals surface area contributed by atoms with Gasteiger partial charge in [-0.25, -0.2) is 18.5 Å². The van der Waals surface area contributed by atoms with Gasteiger partial charge in [0.25, 0.3) is 0 Å². The van der Waals surface area contributed by atoms with E-state index in [1.165, 1.54) is 6.20 Å².